The van der Waals surface area contributed by atoms with E-state index in [0.717, 1.165) is 57.8 Å². The normalized spacial score (nSPS) is 21.3. The van der Waals surface area contributed by atoms with Crippen molar-refractivity contribution in [1.82, 2.24) is 19.1 Å². The molecular weight excluding hydrogens is 693 g/mol. The molecule has 0 saturated carbocycles. The van der Waals surface area contributed by atoms with Crippen molar-refractivity contribution >= 4 is 28.8 Å². The Hall–Kier alpha value is -6.52. The van der Waals surface area contributed by atoms with Gasteiger partial charge in [0.1, 0.15) is 11.6 Å². The number of hydrogen-bond donors (Lipinski definition) is 0. The molecule has 0 fully saturated rings. The second-order valence-electron chi connectivity index (χ2n) is 16.6. The first kappa shape index (κ1) is 33.8. The molecule has 4 unspecified atom stereocenters. The van der Waals surface area contributed by atoms with Gasteiger partial charge in [0.05, 0.1) is 21.7 Å². The minimum absolute atomic E-state index is 0.128. The minimum atomic E-state index is -0.128. The van der Waals surface area contributed by atoms with Crippen molar-refractivity contribution in [3.8, 4) is 22.8 Å². The first-order chi connectivity index (χ1) is 28.0. The summed E-state index contributed by atoms with van der Waals surface area (Å²) in [5, 5.41) is 2.22. The molecule has 57 heavy (non-hydrogen) atoms. The molecule has 0 bridgehead atoms. The molecule has 0 N–H and O–H groups in total. The average molecular weight is 737 g/mol. The van der Waals surface area contributed by atoms with E-state index in [9.17, 15) is 0 Å². The van der Waals surface area contributed by atoms with Crippen LogP contribution in [0.1, 0.15) is 72.5 Å². The summed E-state index contributed by atoms with van der Waals surface area (Å²) in [5.41, 5.74) is 12.0. The standard InChI is InChI=1S/C53H44N4/c1-53(2)45-33-49-47(54-51(56(49)41-19-11-5-12-20-41)39-27-23-37(24-28-39)35-15-7-3-8-16-35)31-43(45)44-32-48-50(34-46(44)53)57(42-21-13-6-14-22-42)52(55-48)40-29-25-38(26-30-40)36-17-9-4-10-18-36/h3-17,19-23,25-34,36-37,44,46H,18,24H2,1-2H3. The maximum Gasteiger partial charge on any atom is 0.145 e. The topological polar surface area (TPSA) is 35.6 Å². The van der Waals surface area contributed by atoms with E-state index in [2.05, 4.69) is 205 Å². The Morgan fingerprint density at radius 1 is 0.632 bits per heavy atom. The number of imidazole rings is 2. The van der Waals surface area contributed by atoms with Crippen LogP contribution in [0.3, 0.4) is 0 Å². The van der Waals surface area contributed by atoms with Crippen LogP contribution < -0.4 is 10.7 Å². The lowest BCUT2D eigenvalue weighted by Crippen LogP contribution is -2.38. The number of hydrogen-bond acceptors (Lipinski definition) is 2. The molecule has 11 rings (SSSR count). The van der Waals surface area contributed by atoms with Gasteiger partial charge in [-0.05, 0) is 88.9 Å². The molecule has 276 valence electrons. The van der Waals surface area contributed by atoms with Gasteiger partial charge in [0.2, 0.25) is 0 Å². The quantitative estimate of drug-likeness (QED) is 0.170. The smallest absolute Gasteiger partial charge is 0.145 e. The highest BCUT2D eigenvalue weighted by molar-refractivity contribution is 5.87. The summed E-state index contributed by atoms with van der Waals surface area (Å²) in [4.78, 5) is 10.9. The van der Waals surface area contributed by atoms with Crippen molar-refractivity contribution in [2.24, 2.45) is 5.92 Å². The summed E-state index contributed by atoms with van der Waals surface area (Å²) in [5.74, 6) is 3.21. The Labute approximate surface area is 333 Å². The lowest BCUT2D eigenvalue weighted by Gasteiger charge is -2.29. The molecule has 4 aliphatic carbocycles. The molecule has 0 radical (unpaired) electrons. The van der Waals surface area contributed by atoms with E-state index in [4.69, 9.17) is 9.97 Å². The Bertz CT molecular complexity index is 2920. The van der Waals surface area contributed by atoms with Gasteiger partial charge in [0.15, 0.2) is 0 Å². The van der Waals surface area contributed by atoms with E-state index in [0.29, 0.717) is 11.8 Å². The van der Waals surface area contributed by atoms with E-state index >= 15 is 0 Å². The predicted octanol–water partition coefficient (Wildman–Crippen LogP) is 10.9. The van der Waals surface area contributed by atoms with Crippen LogP contribution in [-0.2, 0) is 5.41 Å². The molecule has 2 aromatic heterocycles. The molecule has 7 aromatic rings. The lowest BCUT2D eigenvalue weighted by molar-refractivity contribution is 0.421. The first-order valence-corrected chi connectivity index (χ1v) is 20.4. The third-order valence-corrected chi connectivity index (χ3v) is 12.9. The van der Waals surface area contributed by atoms with Crippen LogP contribution in [0.2, 0.25) is 0 Å². The number of nitrogens with zero attached hydrogens (tertiary/aromatic N) is 4. The fourth-order valence-electron chi connectivity index (χ4n) is 9.88. The van der Waals surface area contributed by atoms with Gasteiger partial charge >= 0.3 is 0 Å². The molecule has 4 atom stereocenters. The van der Waals surface area contributed by atoms with Crippen LogP contribution in [0.15, 0.2) is 170 Å². The summed E-state index contributed by atoms with van der Waals surface area (Å²) in [6.07, 6.45) is 22.8. The number of rotatable bonds is 6. The average Bonchev–Trinajstić information content (AvgIpc) is 3.91. The second-order valence-corrected chi connectivity index (χ2v) is 16.6. The molecule has 0 saturated heterocycles. The summed E-state index contributed by atoms with van der Waals surface area (Å²) in [6.45, 7) is 4.85. The van der Waals surface area contributed by atoms with Gasteiger partial charge in [-0.3, -0.25) is 9.13 Å². The molecule has 2 heterocycles. The zero-order valence-electron chi connectivity index (χ0n) is 32.3. The van der Waals surface area contributed by atoms with Gasteiger partial charge in [0.25, 0.3) is 0 Å². The van der Waals surface area contributed by atoms with E-state index < -0.39 is 0 Å². The maximum atomic E-state index is 5.45. The summed E-state index contributed by atoms with van der Waals surface area (Å²) < 4.78 is 4.75. The largest absolute Gasteiger partial charge is 0.293 e. The van der Waals surface area contributed by atoms with E-state index in [1.807, 2.05) is 0 Å². The Balaban J connectivity index is 1.04. The van der Waals surface area contributed by atoms with Crippen LogP contribution in [0.4, 0.5) is 0 Å². The first-order valence-electron chi connectivity index (χ1n) is 20.4. The van der Waals surface area contributed by atoms with Crippen molar-refractivity contribution in [2.75, 3.05) is 0 Å². The number of benzene rings is 5. The number of fused-ring (bicyclic) bond motifs is 5. The van der Waals surface area contributed by atoms with Gasteiger partial charge in [-0.2, -0.15) is 0 Å². The van der Waals surface area contributed by atoms with Crippen molar-refractivity contribution in [3.63, 3.8) is 0 Å². The highest BCUT2D eigenvalue weighted by atomic mass is 15.1. The summed E-state index contributed by atoms with van der Waals surface area (Å²) >= 11 is 0. The van der Waals surface area contributed by atoms with E-state index in [1.54, 1.807) is 0 Å². The predicted molar refractivity (Wildman–Crippen MR) is 234 cm³/mol. The van der Waals surface area contributed by atoms with Crippen LogP contribution >= 0.6 is 0 Å². The highest BCUT2D eigenvalue weighted by Crippen LogP contribution is 2.54. The van der Waals surface area contributed by atoms with Crippen LogP contribution in [0.25, 0.3) is 51.5 Å². The summed E-state index contributed by atoms with van der Waals surface area (Å²) in [6, 6.07) is 46.2. The molecule has 4 aliphatic rings. The fraction of sp³-hybridized carbons (Fsp3) is 0.170. The van der Waals surface area contributed by atoms with E-state index in [1.165, 1.54) is 33.2 Å². The lowest BCUT2D eigenvalue weighted by atomic mass is 9.74. The van der Waals surface area contributed by atoms with Crippen molar-refractivity contribution in [2.45, 2.75) is 49.9 Å². The van der Waals surface area contributed by atoms with Gasteiger partial charge in [-0.1, -0.05) is 153 Å². The fourth-order valence-corrected chi connectivity index (χ4v) is 9.88. The van der Waals surface area contributed by atoms with Crippen molar-refractivity contribution in [1.29, 1.82) is 0 Å². The molecule has 4 nitrogen and oxygen atoms in total. The van der Waals surface area contributed by atoms with Gasteiger partial charge in [-0.15, -0.1) is 0 Å². The minimum Gasteiger partial charge on any atom is -0.293 e. The monoisotopic (exact) mass is 736 g/mol. The molecule has 0 spiro atoms. The number of para-hydroxylation sites is 2. The van der Waals surface area contributed by atoms with Crippen LogP contribution in [0, 0.1) is 5.92 Å². The summed E-state index contributed by atoms with van der Waals surface area (Å²) in [7, 11) is 0. The zero-order valence-corrected chi connectivity index (χ0v) is 32.3. The highest BCUT2D eigenvalue weighted by Gasteiger charge is 2.46. The number of aromatic nitrogens is 4. The molecule has 5 aromatic carbocycles. The Morgan fingerprint density at radius 3 is 2.00 bits per heavy atom. The van der Waals surface area contributed by atoms with E-state index in [-0.39, 0.29) is 17.3 Å². The van der Waals surface area contributed by atoms with Crippen molar-refractivity contribution < 1.29 is 0 Å². The van der Waals surface area contributed by atoms with Crippen LogP contribution in [0.5, 0.6) is 0 Å². The van der Waals surface area contributed by atoms with Gasteiger partial charge < -0.3 is 0 Å². The zero-order chi connectivity index (χ0) is 38.1. The SMILES string of the molecule is CC1(C)c2cc3c(cc2C2C=c4nc(-c5ccc(C6C=CC=CC6)cc5)n(-c5ccccc5)c4=CC21)nc(C1=CCC(c2ccccc2)C=C1)n3-c1ccccc1. The molecule has 0 amide bonds. The molecule has 0 aliphatic heterocycles. The number of allylic oxidation sites excluding steroid dienone is 8. The molecule has 4 heteroatoms. The second kappa shape index (κ2) is 13.3. The van der Waals surface area contributed by atoms with Crippen molar-refractivity contribution in [3.05, 3.63) is 209 Å². The third-order valence-electron chi connectivity index (χ3n) is 12.9. The van der Waals surface area contributed by atoms with Gasteiger partial charge in [0, 0.05) is 40.3 Å². The molecular formula is C53H44N4. The third kappa shape index (κ3) is 5.57. The van der Waals surface area contributed by atoms with Gasteiger partial charge in [-0.25, -0.2) is 9.97 Å². The Kier molecular flexibility index (Phi) is 7.89. The van der Waals surface area contributed by atoms with Crippen LogP contribution in [-0.4, -0.2) is 19.1 Å². The Morgan fingerprint density at radius 2 is 1.32 bits per heavy atom. The maximum absolute atomic E-state index is 5.45.